The first-order valence-electron chi connectivity index (χ1n) is 9.04. The van der Waals surface area contributed by atoms with E-state index in [1.165, 1.54) is 0 Å². The molecule has 0 saturated carbocycles. The number of carboxylic acids is 1. The van der Waals surface area contributed by atoms with Crippen molar-refractivity contribution in [2.45, 2.75) is 46.1 Å². The number of rotatable bonds is 10. The number of amides is 1. The summed E-state index contributed by atoms with van der Waals surface area (Å²) >= 11 is 6.38. The van der Waals surface area contributed by atoms with E-state index >= 15 is 0 Å². The molecule has 1 aliphatic rings. The van der Waals surface area contributed by atoms with E-state index in [4.69, 9.17) is 26.2 Å². The third-order valence-corrected chi connectivity index (χ3v) is 4.58. The standard InChI is InChI=1S/C19H26ClNO5/c1-3-5-6-7-26-18-15(20)8-13(9-16(18)25-4-2)11-21-12-14(19(23)24)10-17(21)22/h8-9,14H,3-7,10-12H2,1-2H3,(H,23,24). The number of halogens is 1. The number of hydrogen-bond donors (Lipinski definition) is 1. The Hall–Kier alpha value is -1.95. The van der Waals surface area contributed by atoms with Gasteiger partial charge in [-0.15, -0.1) is 0 Å². The highest BCUT2D eigenvalue weighted by Gasteiger charge is 2.34. The molecular formula is C19H26ClNO5. The van der Waals surface area contributed by atoms with Crippen LogP contribution < -0.4 is 9.47 Å². The molecule has 7 heteroatoms. The fourth-order valence-corrected chi connectivity index (χ4v) is 3.24. The normalized spacial score (nSPS) is 16.8. The molecule has 1 heterocycles. The number of likely N-dealkylation sites (tertiary alicyclic amines) is 1. The summed E-state index contributed by atoms with van der Waals surface area (Å²) in [5.41, 5.74) is 0.791. The fourth-order valence-electron chi connectivity index (χ4n) is 2.95. The van der Waals surface area contributed by atoms with Gasteiger partial charge in [-0.05, 0) is 31.0 Å². The molecule has 1 saturated heterocycles. The molecular weight excluding hydrogens is 358 g/mol. The van der Waals surface area contributed by atoms with E-state index in [9.17, 15) is 9.59 Å². The van der Waals surface area contributed by atoms with Gasteiger partial charge in [-0.25, -0.2) is 0 Å². The maximum atomic E-state index is 12.0. The van der Waals surface area contributed by atoms with Crippen LogP contribution in [0.15, 0.2) is 12.1 Å². The molecule has 6 nitrogen and oxygen atoms in total. The predicted octanol–water partition coefficient (Wildman–Crippen LogP) is 3.74. The van der Waals surface area contributed by atoms with Crippen molar-refractivity contribution in [3.05, 3.63) is 22.7 Å². The van der Waals surface area contributed by atoms with Crippen molar-refractivity contribution in [2.24, 2.45) is 5.92 Å². The fraction of sp³-hybridized carbons (Fsp3) is 0.579. The van der Waals surface area contributed by atoms with E-state index in [0.717, 1.165) is 24.8 Å². The Kier molecular flexibility index (Phi) is 7.57. The van der Waals surface area contributed by atoms with Gasteiger partial charge in [0.1, 0.15) is 0 Å². The van der Waals surface area contributed by atoms with E-state index in [1.54, 1.807) is 11.0 Å². The van der Waals surface area contributed by atoms with Crippen molar-refractivity contribution in [2.75, 3.05) is 19.8 Å². The first-order valence-corrected chi connectivity index (χ1v) is 9.42. The van der Waals surface area contributed by atoms with Crippen molar-refractivity contribution in [1.29, 1.82) is 0 Å². The summed E-state index contributed by atoms with van der Waals surface area (Å²) < 4.78 is 11.5. The summed E-state index contributed by atoms with van der Waals surface area (Å²) in [7, 11) is 0. The first kappa shape index (κ1) is 20.4. The van der Waals surface area contributed by atoms with Crippen LogP contribution in [0.5, 0.6) is 11.5 Å². The van der Waals surface area contributed by atoms with Crippen LogP contribution in [0, 0.1) is 5.92 Å². The van der Waals surface area contributed by atoms with Crippen LogP contribution in [0.25, 0.3) is 0 Å². The number of nitrogens with zero attached hydrogens (tertiary/aromatic N) is 1. The van der Waals surface area contributed by atoms with E-state index in [-0.39, 0.29) is 18.9 Å². The van der Waals surface area contributed by atoms with Crippen LogP contribution >= 0.6 is 11.6 Å². The smallest absolute Gasteiger partial charge is 0.308 e. The number of aliphatic carboxylic acids is 1. The zero-order valence-corrected chi connectivity index (χ0v) is 16.1. The lowest BCUT2D eigenvalue weighted by Gasteiger charge is -2.19. The molecule has 2 rings (SSSR count). The lowest BCUT2D eigenvalue weighted by Crippen LogP contribution is -2.25. The average Bonchev–Trinajstić information content (AvgIpc) is 2.95. The topological polar surface area (TPSA) is 76.1 Å². The quantitative estimate of drug-likeness (QED) is 0.623. The number of benzene rings is 1. The summed E-state index contributed by atoms with van der Waals surface area (Å²) in [6.45, 7) is 5.56. The van der Waals surface area contributed by atoms with Gasteiger partial charge in [0, 0.05) is 19.5 Å². The van der Waals surface area contributed by atoms with Crippen LogP contribution in [-0.2, 0) is 16.1 Å². The molecule has 1 unspecified atom stereocenters. The van der Waals surface area contributed by atoms with Crippen LogP contribution in [0.3, 0.4) is 0 Å². The second-order valence-electron chi connectivity index (χ2n) is 6.41. The van der Waals surface area contributed by atoms with Gasteiger partial charge in [0.2, 0.25) is 5.91 Å². The number of carboxylic acid groups (broad SMARTS) is 1. The highest BCUT2D eigenvalue weighted by Crippen LogP contribution is 2.37. The Morgan fingerprint density at radius 3 is 2.69 bits per heavy atom. The van der Waals surface area contributed by atoms with Crippen LogP contribution in [0.4, 0.5) is 0 Å². The van der Waals surface area contributed by atoms with E-state index in [2.05, 4.69) is 6.92 Å². The third-order valence-electron chi connectivity index (χ3n) is 4.30. The summed E-state index contributed by atoms with van der Waals surface area (Å²) in [5.74, 6) is -0.681. The SMILES string of the molecule is CCCCCOc1c(Cl)cc(CN2CC(C(=O)O)CC2=O)cc1OCC. The zero-order valence-electron chi connectivity index (χ0n) is 15.3. The highest BCUT2D eigenvalue weighted by atomic mass is 35.5. The summed E-state index contributed by atoms with van der Waals surface area (Å²) in [6, 6.07) is 3.56. The van der Waals surface area contributed by atoms with Gasteiger partial charge in [-0.1, -0.05) is 31.4 Å². The Bertz CT molecular complexity index is 649. The molecule has 1 amide bonds. The van der Waals surface area contributed by atoms with E-state index in [0.29, 0.717) is 36.3 Å². The Morgan fingerprint density at radius 1 is 1.31 bits per heavy atom. The number of unbranched alkanes of at least 4 members (excludes halogenated alkanes) is 2. The van der Waals surface area contributed by atoms with Crippen molar-refractivity contribution in [1.82, 2.24) is 4.90 Å². The van der Waals surface area contributed by atoms with Gasteiger partial charge in [-0.2, -0.15) is 0 Å². The zero-order chi connectivity index (χ0) is 19.1. The lowest BCUT2D eigenvalue weighted by atomic mass is 10.1. The van der Waals surface area contributed by atoms with Gasteiger partial charge in [-0.3, -0.25) is 9.59 Å². The Labute approximate surface area is 159 Å². The predicted molar refractivity (Wildman–Crippen MR) is 98.8 cm³/mol. The largest absolute Gasteiger partial charge is 0.490 e. The number of carbonyl (C=O) groups excluding carboxylic acids is 1. The minimum Gasteiger partial charge on any atom is -0.490 e. The summed E-state index contributed by atoms with van der Waals surface area (Å²) in [6.07, 6.45) is 3.18. The number of hydrogen-bond acceptors (Lipinski definition) is 4. The molecule has 1 N–H and O–H groups in total. The third kappa shape index (κ3) is 5.27. The van der Waals surface area contributed by atoms with Gasteiger partial charge < -0.3 is 19.5 Å². The van der Waals surface area contributed by atoms with Gasteiger partial charge in [0.05, 0.1) is 24.2 Å². The van der Waals surface area contributed by atoms with Crippen molar-refractivity contribution >= 4 is 23.5 Å². The first-order chi connectivity index (χ1) is 12.5. The van der Waals surface area contributed by atoms with Crippen molar-refractivity contribution in [3.63, 3.8) is 0 Å². The molecule has 0 radical (unpaired) electrons. The Balaban J connectivity index is 2.12. The van der Waals surface area contributed by atoms with Crippen molar-refractivity contribution in [3.8, 4) is 11.5 Å². The highest BCUT2D eigenvalue weighted by molar-refractivity contribution is 6.32. The molecule has 1 fully saturated rings. The summed E-state index contributed by atoms with van der Waals surface area (Å²) in [5, 5.41) is 9.53. The van der Waals surface area contributed by atoms with Crippen LogP contribution in [0.2, 0.25) is 5.02 Å². The molecule has 26 heavy (non-hydrogen) atoms. The van der Waals surface area contributed by atoms with Crippen LogP contribution in [-0.4, -0.2) is 41.6 Å². The molecule has 144 valence electrons. The number of carbonyl (C=O) groups is 2. The maximum Gasteiger partial charge on any atom is 0.308 e. The van der Waals surface area contributed by atoms with Crippen LogP contribution in [0.1, 0.15) is 45.1 Å². The molecule has 1 atom stereocenters. The molecule has 1 aromatic carbocycles. The summed E-state index contributed by atoms with van der Waals surface area (Å²) in [4.78, 5) is 24.7. The second kappa shape index (κ2) is 9.67. The molecule has 1 aromatic rings. The lowest BCUT2D eigenvalue weighted by molar-refractivity contribution is -0.141. The maximum absolute atomic E-state index is 12.0. The molecule has 0 aromatic heterocycles. The molecule has 0 bridgehead atoms. The Morgan fingerprint density at radius 2 is 2.08 bits per heavy atom. The molecule has 0 spiro atoms. The minimum absolute atomic E-state index is 0.0417. The average molecular weight is 384 g/mol. The number of ether oxygens (including phenoxy) is 2. The van der Waals surface area contributed by atoms with Crippen molar-refractivity contribution < 1.29 is 24.2 Å². The molecule has 0 aliphatic carbocycles. The van der Waals surface area contributed by atoms with Gasteiger partial charge in [0.15, 0.2) is 11.5 Å². The van der Waals surface area contributed by atoms with E-state index < -0.39 is 11.9 Å². The second-order valence-corrected chi connectivity index (χ2v) is 6.81. The molecule has 1 aliphatic heterocycles. The van der Waals surface area contributed by atoms with Gasteiger partial charge in [0.25, 0.3) is 0 Å². The van der Waals surface area contributed by atoms with Gasteiger partial charge >= 0.3 is 5.97 Å². The monoisotopic (exact) mass is 383 g/mol. The minimum atomic E-state index is -0.940. The van der Waals surface area contributed by atoms with E-state index in [1.807, 2.05) is 13.0 Å².